The van der Waals surface area contributed by atoms with Gasteiger partial charge in [-0.05, 0) is 90.1 Å². The lowest BCUT2D eigenvalue weighted by Gasteiger charge is -2.32. The lowest BCUT2D eigenvalue weighted by Crippen LogP contribution is -2.26. The predicted octanol–water partition coefficient (Wildman–Crippen LogP) is 13.0. The summed E-state index contributed by atoms with van der Waals surface area (Å²) in [6.45, 7) is 0. The number of hydrogen-bond acceptors (Lipinski definition) is 1. The van der Waals surface area contributed by atoms with E-state index in [0.717, 1.165) is 5.69 Å². The van der Waals surface area contributed by atoms with Crippen molar-refractivity contribution in [2.45, 2.75) is 5.41 Å². The molecule has 0 aliphatic heterocycles. The number of para-hydroxylation sites is 1. The van der Waals surface area contributed by atoms with E-state index < -0.39 is 5.41 Å². The van der Waals surface area contributed by atoms with Crippen LogP contribution in [0.25, 0.3) is 54.6 Å². The quantitative estimate of drug-likeness (QED) is 0.175. The molecule has 9 aromatic rings. The van der Waals surface area contributed by atoms with E-state index in [-0.39, 0.29) is 0 Å². The molecule has 0 unspecified atom stereocenters. The number of hydrogen-bond donors (Lipinski definition) is 0. The van der Waals surface area contributed by atoms with Crippen LogP contribution in [-0.2, 0) is 5.41 Å². The van der Waals surface area contributed by atoms with Gasteiger partial charge in [0.25, 0.3) is 0 Å². The Morgan fingerprint density at radius 3 is 1.36 bits per heavy atom. The van der Waals surface area contributed by atoms with Gasteiger partial charge in [0.15, 0.2) is 0 Å². The summed E-state index contributed by atoms with van der Waals surface area (Å²) in [6, 6.07) is 69.7. The second kappa shape index (κ2) is 10.3. The minimum absolute atomic E-state index is 0.404. The molecule has 50 heavy (non-hydrogen) atoms. The standard InChI is InChI=1S/C49H31N/c1-2-16-32(17-3-1)50(45-30-14-25-39-35-19-5-4-18-33(35)34-20-6-7-23-38(34)47(39)45)46-31-15-29-44-48(46)40-24-10-13-28-43(40)49(44)41-26-11-8-21-36(41)37-22-9-12-27-42(37)49/h1-31H. The van der Waals surface area contributed by atoms with Gasteiger partial charge in [0.05, 0.1) is 16.8 Å². The van der Waals surface area contributed by atoms with E-state index in [1.54, 1.807) is 0 Å². The Kier molecular flexibility index (Phi) is 5.66. The lowest BCUT2D eigenvalue weighted by atomic mass is 9.70. The molecule has 0 saturated carbocycles. The van der Waals surface area contributed by atoms with Crippen molar-refractivity contribution < 1.29 is 0 Å². The second-order valence-electron chi connectivity index (χ2n) is 13.5. The minimum Gasteiger partial charge on any atom is -0.309 e. The number of anilines is 3. The number of fused-ring (bicyclic) bond motifs is 16. The fourth-order valence-corrected chi connectivity index (χ4v) is 9.42. The number of benzene rings is 9. The van der Waals surface area contributed by atoms with Gasteiger partial charge in [-0.1, -0.05) is 164 Å². The zero-order chi connectivity index (χ0) is 32.8. The lowest BCUT2D eigenvalue weighted by molar-refractivity contribution is 0.794. The van der Waals surface area contributed by atoms with E-state index in [0.29, 0.717) is 0 Å². The van der Waals surface area contributed by atoms with Crippen molar-refractivity contribution in [2.75, 3.05) is 4.90 Å². The molecule has 2 aliphatic rings. The summed E-state index contributed by atoms with van der Waals surface area (Å²) < 4.78 is 0. The Balaban J connectivity index is 1.29. The molecule has 0 fully saturated rings. The highest BCUT2D eigenvalue weighted by atomic mass is 15.1. The number of rotatable bonds is 3. The zero-order valence-electron chi connectivity index (χ0n) is 27.3. The molecule has 1 heteroatoms. The first-order valence-corrected chi connectivity index (χ1v) is 17.5. The molecule has 232 valence electrons. The second-order valence-corrected chi connectivity index (χ2v) is 13.5. The van der Waals surface area contributed by atoms with Gasteiger partial charge in [0, 0.05) is 16.6 Å². The highest BCUT2D eigenvalue weighted by Crippen LogP contribution is 2.64. The largest absolute Gasteiger partial charge is 0.309 e. The van der Waals surface area contributed by atoms with Crippen LogP contribution >= 0.6 is 0 Å². The molecule has 1 nitrogen and oxygen atoms in total. The number of nitrogens with zero attached hydrogens (tertiary/aromatic N) is 1. The van der Waals surface area contributed by atoms with Crippen LogP contribution < -0.4 is 4.90 Å². The molecule has 0 bridgehead atoms. The molecule has 9 aromatic carbocycles. The summed E-state index contributed by atoms with van der Waals surface area (Å²) in [5, 5.41) is 7.63. The molecular weight excluding hydrogens is 603 g/mol. The van der Waals surface area contributed by atoms with Crippen molar-refractivity contribution in [3.63, 3.8) is 0 Å². The molecule has 0 aromatic heterocycles. The van der Waals surface area contributed by atoms with E-state index in [1.165, 1.54) is 88.2 Å². The van der Waals surface area contributed by atoms with Crippen LogP contribution in [0.4, 0.5) is 17.1 Å². The molecule has 0 saturated heterocycles. The maximum Gasteiger partial charge on any atom is 0.0726 e. The van der Waals surface area contributed by atoms with Crippen LogP contribution in [0.5, 0.6) is 0 Å². The molecule has 11 rings (SSSR count). The maximum atomic E-state index is 2.52. The molecule has 0 atom stereocenters. The molecule has 0 amide bonds. The van der Waals surface area contributed by atoms with Gasteiger partial charge < -0.3 is 4.90 Å². The van der Waals surface area contributed by atoms with Crippen LogP contribution in [0.3, 0.4) is 0 Å². The van der Waals surface area contributed by atoms with Crippen molar-refractivity contribution in [1.82, 2.24) is 0 Å². The monoisotopic (exact) mass is 633 g/mol. The van der Waals surface area contributed by atoms with Crippen molar-refractivity contribution in [3.05, 3.63) is 210 Å². The molecule has 0 radical (unpaired) electrons. The minimum atomic E-state index is -0.404. The molecule has 1 spiro atoms. The van der Waals surface area contributed by atoms with E-state index in [1.807, 2.05) is 0 Å². The van der Waals surface area contributed by atoms with Crippen molar-refractivity contribution in [2.24, 2.45) is 0 Å². The molecule has 0 N–H and O–H groups in total. The van der Waals surface area contributed by atoms with Gasteiger partial charge in [0.2, 0.25) is 0 Å². The third-order valence-corrected chi connectivity index (χ3v) is 11.2. The Morgan fingerprint density at radius 2 is 0.720 bits per heavy atom. The van der Waals surface area contributed by atoms with Crippen LogP contribution in [0.1, 0.15) is 22.3 Å². The van der Waals surface area contributed by atoms with Crippen LogP contribution in [0.15, 0.2) is 188 Å². The average molecular weight is 634 g/mol. The van der Waals surface area contributed by atoms with E-state index in [9.17, 15) is 0 Å². The van der Waals surface area contributed by atoms with E-state index in [4.69, 9.17) is 0 Å². The predicted molar refractivity (Wildman–Crippen MR) is 210 cm³/mol. The summed E-state index contributed by atoms with van der Waals surface area (Å²) in [5.41, 5.74) is 13.7. The summed E-state index contributed by atoms with van der Waals surface area (Å²) in [6.07, 6.45) is 0. The summed E-state index contributed by atoms with van der Waals surface area (Å²) in [5.74, 6) is 0. The fourth-order valence-electron chi connectivity index (χ4n) is 9.42. The van der Waals surface area contributed by atoms with E-state index >= 15 is 0 Å². The van der Waals surface area contributed by atoms with Crippen LogP contribution in [0, 0.1) is 0 Å². The summed E-state index contributed by atoms with van der Waals surface area (Å²) in [4.78, 5) is 2.52. The Labute approximate surface area is 291 Å². The van der Waals surface area contributed by atoms with Crippen molar-refractivity contribution in [3.8, 4) is 22.3 Å². The summed E-state index contributed by atoms with van der Waals surface area (Å²) in [7, 11) is 0. The molecule has 0 heterocycles. The normalized spacial score (nSPS) is 13.4. The van der Waals surface area contributed by atoms with Crippen LogP contribution in [0.2, 0.25) is 0 Å². The first kappa shape index (κ1) is 27.5. The third-order valence-electron chi connectivity index (χ3n) is 11.2. The molecular formula is C49H31N. The van der Waals surface area contributed by atoms with Gasteiger partial charge in [0.1, 0.15) is 0 Å². The van der Waals surface area contributed by atoms with Crippen molar-refractivity contribution in [1.29, 1.82) is 0 Å². The van der Waals surface area contributed by atoms with Gasteiger partial charge in [-0.2, -0.15) is 0 Å². The van der Waals surface area contributed by atoms with Gasteiger partial charge in [-0.25, -0.2) is 0 Å². The van der Waals surface area contributed by atoms with Gasteiger partial charge >= 0.3 is 0 Å². The van der Waals surface area contributed by atoms with Gasteiger partial charge in [-0.15, -0.1) is 0 Å². The Morgan fingerprint density at radius 1 is 0.300 bits per heavy atom. The summed E-state index contributed by atoms with van der Waals surface area (Å²) >= 11 is 0. The highest BCUT2D eigenvalue weighted by molar-refractivity contribution is 6.29. The first-order chi connectivity index (χ1) is 24.9. The Hall–Kier alpha value is -6.44. The average Bonchev–Trinajstić information content (AvgIpc) is 3.67. The topological polar surface area (TPSA) is 3.24 Å². The van der Waals surface area contributed by atoms with Crippen molar-refractivity contribution >= 4 is 49.4 Å². The zero-order valence-corrected chi connectivity index (χ0v) is 27.3. The third kappa shape index (κ3) is 3.46. The highest BCUT2D eigenvalue weighted by Gasteiger charge is 2.52. The molecule has 2 aliphatic carbocycles. The van der Waals surface area contributed by atoms with E-state index in [2.05, 4.69) is 193 Å². The Bertz CT molecular complexity index is 2740. The smallest absolute Gasteiger partial charge is 0.0726 e. The van der Waals surface area contributed by atoms with Gasteiger partial charge in [-0.3, -0.25) is 0 Å². The maximum absolute atomic E-state index is 2.52. The SMILES string of the molecule is c1ccc(N(c2cccc3c2-c2ccccc2C32c3ccccc3-c3ccccc32)c2cccc3c4ccccc4c4ccccc4c23)cc1. The fraction of sp³-hybridized carbons (Fsp3) is 0.0204. The first-order valence-electron chi connectivity index (χ1n) is 17.5. The van der Waals surface area contributed by atoms with Crippen LogP contribution in [-0.4, -0.2) is 0 Å².